The average molecular weight is 199 g/mol. The highest BCUT2D eigenvalue weighted by atomic mass is 16.1. The van der Waals surface area contributed by atoms with Gasteiger partial charge in [0.1, 0.15) is 0 Å². The molecular formula is C9H17N3O2-2. The van der Waals surface area contributed by atoms with Gasteiger partial charge in [-0.3, -0.25) is 9.59 Å². The van der Waals surface area contributed by atoms with Crippen molar-refractivity contribution in [1.82, 2.24) is 4.90 Å². The summed E-state index contributed by atoms with van der Waals surface area (Å²) in [6, 6.07) is 0.787. The van der Waals surface area contributed by atoms with Crippen molar-refractivity contribution in [2.75, 3.05) is 14.1 Å². The molecule has 0 radical (unpaired) electrons. The van der Waals surface area contributed by atoms with Crippen LogP contribution in [0.4, 0.5) is 0 Å². The predicted molar refractivity (Wildman–Crippen MR) is 56.2 cm³/mol. The molecular weight excluding hydrogens is 182 g/mol. The van der Waals surface area contributed by atoms with Gasteiger partial charge in [0.05, 0.1) is 0 Å². The zero-order valence-electron chi connectivity index (χ0n) is 9.15. The normalized spacial score (nSPS) is 7.57. The second-order valence-corrected chi connectivity index (χ2v) is 2.62. The van der Waals surface area contributed by atoms with Crippen molar-refractivity contribution in [3.63, 3.8) is 0 Å². The van der Waals surface area contributed by atoms with E-state index in [0.717, 1.165) is 6.04 Å². The molecule has 0 atom stereocenters. The van der Waals surface area contributed by atoms with E-state index in [1.54, 1.807) is 0 Å². The first-order valence-electron chi connectivity index (χ1n) is 4.24. The van der Waals surface area contributed by atoms with Gasteiger partial charge >= 0.3 is 0 Å². The van der Waals surface area contributed by atoms with Crippen LogP contribution in [-0.2, 0) is 9.59 Å². The smallest absolute Gasteiger partial charge is 0.00839 e. The van der Waals surface area contributed by atoms with Crippen molar-refractivity contribution in [1.29, 1.82) is 0 Å². The van der Waals surface area contributed by atoms with Gasteiger partial charge in [0.15, 0.2) is 0 Å². The highest BCUT2D eigenvalue weighted by molar-refractivity contribution is 5.37. The van der Waals surface area contributed by atoms with Crippen LogP contribution in [0.1, 0.15) is 26.7 Å². The molecule has 0 spiro atoms. The van der Waals surface area contributed by atoms with Gasteiger partial charge in [-0.1, -0.05) is 13.8 Å². The van der Waals surface area contributed by atoms with Crippen LogP contribution in [0, 0.1) is 0 Å². The van der Waals surface area contributed by atoms with E-state index in [4.69, 9.17) is 20.4 Å². The van der Waals surface area contributed by atoms with Crippen molar-refractivity contribution in [2.45, 2.75) is 32.7 Å². The van der Waals surface area contributed by atoms with Gasteiger partial charge in [-0.05, 0) is 39.1 Å². The molecule has 0 aromatic rings. The Morgan fingerprint density at radius 2 is 1.29 bits per heavy atom. The number of hydrogen-bond donors (Lipinski definition) is 0. The van der Waals surface area contributed by atoms with E-state index in [1.165, 1.54) is 12.8 Å². The summed E-state index contributed by atoms with van der Waals surface area (Å²) in [6.07, 6.45) is 3.53. The monoisotopic (exact) mass is 199 g/mol. The Hall–Kier alpha value is -1.28. The van der Waals surface area contributed by atoms with E-state index in [9.17, 15) is 0 Å². The fraction of sp³-hybridized carbons (Fsp3) is 0.778. The summed E-state index contributed by atoms with van der Waals surface area (Å²) in [6.45, 7) is 4.46. The van der Waals surface area contributed by atoms with Gasteiger partial charge in [0.2, 0.25) is 0 Å². The van der Waals surface area contributed by atoms with Crippen molar-refractivity contribution in [2.24, 2.45) is 0 Å². The Balaban J connectivity index is -0.000000168. The number of hydrogen-bond acceptors (Lipinski definition) is 3. The molecule has 0 aliphatic carbocycles. The molecule has 0 aromatic carbocycles. The van der Waals surface area contributed by atoms with Gasteiger partial charge in [0.25, 0.3) is 0 Å². The Labute approximate surface area is 85.1 Å². The molecule has 0 unspecified atom stereocenters. The van der Waals surface area contributed by atoms with Gasteiger partial charge in [-0.2, -0.15) is 0 Å². The van der Waals surface area contributed by atoms with E-state index in [-0.39, 0.29) is 0 Å². The Morgan fingerprint density at radius 3 is 1.29 bits per heavy atom. The highest BCUT2D eigenvalue weighted by Crippen LogP contribution is 2.01. The Bertz CT molecular complexity index is 153. The standard InChI is InChI=1S/C7H17N.2CNO/c1-5-7(6-2)8(3)4;2*2-1-3/h7H,5-6H2,1-4H3;;/q;2*-1. The average Bonchev–Trinajstić information content (AvgIpc) is 2.08. The molecule has 0 rings (SSSR count). The molecule has 5 heteroatoms. The topological polar surface area (TPSA) is 82.0 Å². The van der Waals surface area contributed by atoms with Crippen LogP contribution in [0.5, 0.6) is 0 Å². The maximum atomic E-state index is 8.24. The largest absolute Gasteiger partial charge is 0.724 e. The van der Waals surface area contributed by atoms with E-state index in [0.29, 0.717) is 12.2 Å². The third-order valence-electron chi connectivity index (χ3n) is 1.67. The molecule has 0 bridgehead atoms. The maximum absolute atomic E-state index is 8.24. The number of nitrogens with zero attached hydrogens (tertiary/aromatic N) is 3. The van der Waals surface area contributed by atoms with Crippen molar-refractivity contribution in [3.05, 3.63) is 10.8 Å². The SMILES string of the molecule is CCC(CC)N(C)C.[N-]=C=O.[N-]=C=O. The quantitative estimate of drug-likeness (QED) is 0.510. The minimum absolute atomic E-state index is 0.500. The van der Waals surface area contributed by atoms with E-state index >= 15 is 0 Å². The van der Waals surface area contributed by atoms with Crippen molar-refractivity contribution < 1.29 is 9.59 Å². The van der Waals surface area contributed by atoms with Gasteiger partial charge < -0.3 is 15.7 Å². The predicted octanol–water partition coefficient (Wildman–Crippen LogP) is 1.52. The Kier molecular flexibility index (Phi) is 23.4. The molecule has 0 heterocycles. The van der Waals surface area contributed by atoms with Gasteiger partial charge in [0, 0.05) is 6.04 Å². The Morgan fingerprint density at radius 1 is 1.07 bits per heavy atom. The van der Waals surface area contributed by atoms with E-state index < -0.39 is 0 Å². The minimum atomic E-state index is 0.500. The summed E-state index contributed by atoms with van der Waals surface area (Å²) < 4.78 is 0. The maximum Gasteiger partial charge on any atom is 0.00839 e. The highest BCUT2D eigenvalue weighted by Gasteiger charge is 2.02. The second kappa shape index (κ2) is 17.7. The third-order valence-corrected chi connectivity index (χ3v) is 1.67. The lowest BCUT2D eigenvalue weighted by atomic mass is 10.1. The molecule has 0 fully saturated rings. The lowest BCUT2D eigenvalue weighted by Crippen LogP contribution is -2.25. The fourth-order valence-corrected chi connectivity index (χ4v) is 1.02. The molecule has 5 nitrogen and oxygen atoms in total. The molecule has 0 aliphatic heterocycles. The van der Waals surface area contributed by atoms with Crippen LogP contribution >= 0.6 is 0 Å². The zero-order valence-corrected chi connectivity index (χ0v) is 9.15. The fourth-order valence-electron chi connectivity index (χ4n) is 1.02. The van der Waals surface area contributed by atoms with Crippen LogP contribution in [0.3, 0.4) is 0 Å². The lowest BCUT2D eigenvalue weighted by molar-refractivity contribution is 0.279. The summed E-state index contributed by atoms with van der Waals surface area (Å²) >= 11 is 0. The minimum Gasteiger partial charge on any atom is -0.724 e. The van der Waals surface area contributed by atoms with Gasteiger partial charge in [-0.25, -0.2) is 0 Å². The number of rotatable bonds is 3. The molecule has 0 amide bonds. The molecule has 0 saturated heterocycles. The van der Waals surface area contributed by atoms with Crippen molar-refractivity contribution >= 4 is 12.2 Å². The first kappa shape index (κ1) is 18.5. The van der Waals surface area contributed by atoms with E-state index in [1.807, 2.05) is 0 Å². The second-order valence-electron chi connectivity index (χ2n) is 2.62. The summed E-state index contributed by atoms with van der Waals surface area (Å²) in [5, 5.41) is 13.5. The molecule has 0 N–H and O–H groups in total. The summed E-state index contributed by atoms with van der Waals surface area (Å²) in [4.78, 5) is 18.8. The van der Waals surface area contributed by atoms with Crippen LogP contribution in [0.25, 0.3) is 10.8 Å². The van der Waals surface area contributed by atoms with Crippen LogP contribution in [-0.4, -0.2) is 37.2 Å². The van der Waals surface area contributed by atoms with Crippen molar-refractivity contribution in [3.8, 4) is 0 Å². The van der Waals surface area contributed by atoms with E-state index in [2.05, 4.69) is 32.8 Å². The van der Waals surface area contributed by atoms with Crippen LogP contribution in [0.15, 0.2) is 0 Å². The summed E-state index contributed by atoms with van der Waals surface area (Å²) in [5.74, 6) is 0. The first-order chi connectivity index (χ1) is 6.55. The van der Waals surface area contributed by atoms with Gasteiger partial charge in [-0.15, -0.1) is 0 Å². The summed E-state index contributed by atoms with van der Waals surface area (Å²) in [7, 11) is 4.27. The lowest BCUT2D eigenvalue weighted by Gasteiger charge is -2.20. The zero-order chi connectivity index (χ0) is 12.0. The number of isocyanates is 2. The molecule has 0 aromatic heterocycles. The molecule has 0 saturated carbocycles. The van der Waals surface area contributed by atoms with Crippen LogP contribution < -0.4 is 0 Å². The third kappa shape index (κ3) is 22.4. The molecule has 82 valence electrons. The molecule has 0 aliphatic rings. The van der Waals surface area contributed by atoms with Crippen LogP contribution in [0.2, 0.25) is 0 Å². The first-order valence-corrected chi connectivity index (χ1v) is 4.24. The summed E-state index contributed by atoms with van der Waals surface area (Å²) in [5.41, 5.74) is 0. The number of carbonyl (C=O) groups excluding carboxylic acids is 2. The molecule has 14 heavy (non-hydrogen) atoms.